The molecule has 0 radical (unpaired) electrons. The third-order valence-electron chi connectivity index (χ3n) is 3.36. The molecule has 28 heavy (non-hydrogen) atoms. The van der Waals surface area contributed by atoms with Gasteiger partial charge in [-0.25, -0.2) is 14.8 Å². The zero-order chi connectivity index (χ0) is 20.3. The Morgan fingerprint density at radius 2 is 2.00 bits per heavy atom. The van der Waals surface area contributed by atoms with E-state index in [1.807, 2.05) is 6.26 Å². The topological polar surface area (TPSA) is 119 Å². The van der Waals surface area contributed by atoms with Crippen LogP contribution < -0.4 is 15.6 Å². The summed E-state index contributed by atoms with van der Waals surface area (Å²) in [6, 6.07) is 5.16. The Kier molecular flexibility index (Phi) is 5.50. The Hall–Kier alpha value is -3.14. The number of aromatic nitrogens is 4. The summed E-state index contributed by atoms with van der Waals surface area (Å²) in [5, 5.41) is 2.73. The summed E-state index contributed by atoms with van der Waals surface area (Å²) in [5.41, 5.74) is 0.271. The van der Waals surface area contributed by atoms with Crippen LogP contribution in [0.15, 0.2) is 40.4 Å². The molecular weight excluding hydrogens is 382 g/mol. The number of H-pyrrole nitrogens is 1. The molecule has 0 aliphatic heterocycles. The van der Waals surface area contributed by atoms with E-state index in [2.05, 4.69) is 25.3 Å². The van der Waals surface area contributed by atoms with Crippen molar-refractivity contribution in [3.63, 3.8) is 0 Å². The number of thioether (sulfide) groups is 1. The van der Waals surface area contributed by atoms with Gasteiger partial charge in [-0.3, -0.25) is 10.1 Å². The predicted molar refractivity (Wildman–Crippen MR) is 106 cm³/mol. The lowest BCUT2D eigenvalue weighted by Gasteiger charge is -2.20. The van der Waals surface area contributed by atoms with Gasteiger partial charge in [-0.05, 0) is 45.2 Å². The van der Waals surface area contributed by atoms with Gasteiger partial charge >= 0.3 is 6.09 Å². The Labute approximate surface area is 164 Å². The summed E-state index contributed by atoms with van der Waals surface area (Å²) < 4.78 is 11.1. The minimum atomic E-state index is -0.589. The van der Waals surface area contributed by atoms with Gasteiger partial charge in [0.1, 0.15) is 17.7 Å². The van der Waals surface area contributed by atoms with E-state index in [0.717, 1.165) is 11.1 Å². The van der Waals surface area contributed by atoms with E-state index < -0.39 is 11.7 Å². The van der Waals surface area contributed by atoms with Gasteiger partial charge in [-0.2, -0.15) is 4.98 Å². The summed E-state index contributed by atoms with van der Waals surface area (Å²) in [7, 11) is 0. The van der Waals surface area contributed by atoms with E-state index in [-0.39, 0.29) is 17.1 Å². The van der Waals surface area contributed by atoms with Crippen LogP contribution in [-0.4, -0.2) is 37.9 Å². The van der Waals surface area contributed by atoms with Gasteiger partial charge in [0.05, 0.1) is 11.9 Å². The van der Waals surface area contributed by atoms with Crippen molar-refractivity contribution in [3.8, 4) is 11.6 Å². The molecule has 0 fully saturated rings. The molecule has 146 valence electrons. The third kappa shape index (κ3) is 4.77. The van der Waals surface area contributed by atoms with Gasteiger partial charge < -0.3 is 14.5 Å². The van der Waals surface area contributed by atoms with Crippen molar-refractivity contribution >= 4 is 34.7 Å². The Balaban J connectivity index is 1.85. The summed E-state index contributed by atoms with van der Waals surface area (Å²) in [6.45, 7) is 5.39. The Bertz CT molecular complexity index is 1080. The summed E-state index contributed by atoms with van der Waals surface area (Å²) in [5.74, 6) is 0.702. The van der Waals surface area contributed by atoms with Gasteiger partial charge in [-0.15, -0.1) is 11.8 Å². The molecule has 0 atom stereocenters. The molecule has 0 unspecified atom stereocenters. The standard InChI is InChI=1S/C18H19N5O4S/c1-18(2,3)27-17(25)22-11-6-5-10(7-12(11)28-4)26-16-14-15(20-9-21-16)23-13(24)8-19-14/h5-9H,1-4H3,(H,22,25)(H,20,21,23,24). The lowest BCUT2D eigenvalue weighted by Crippen LogP contribution is -2.27. The SMILES string of the molecule is CSc1cc(Oc2ncnc3[nH]c(=O)cnc23)ccc1NC(=O)OC(C)(C)C. The number of anilines is 1. The van der Waals surface area contributed by atoms with Crippen LogP contribution in [0.5, 0.6) is 11.6 Å². The highest BCUT2D eigenvalue weighted by molar-refractivity contribution is 7.98. The number of hydrogen-bond acceptors (Lipinski definition) is 8. The lowest BCUT2D eigenvalue weighted by atomic mass is 10.2. The van der Waals surface area contributed by atoms with Crippen molar-refractivity contribution in [1.29, 1.82) is 0 Å². The van der Waals surface area contributed by atoms with Crippen LogP contribution in [0, 0.1) is 0 Å². The molecule has 0 spiro atoms. The maximum Gasteiger partial charge on any atom is 0.412 e. The number of benzene rings is 1. The first-order chi connectivity index (χ1) is 13.2. The first-order valence-corrected chi connectivity index (χ1v) is 9.53. The number of hydrogen-bond donors (Lipinski definition) is 2. The molecule has 10 heteroatoms. The summed E-state index contributed by atoms with van der Waals surface area (Å²) in [6.07, 6.45) is 3.76. The van der Waals surface area contributed by atoms with Crippen LogP contribution in [0.3, 0.4) is 0 Å². The molecule has 2 aromatic heterocycles. The number of carbonyl (C=O) groups is 1. The van der Waals surface area contributed by atoms with E-state index in [1.165, 1.54) is 18.1 Å². The molecule has 0 saturated carbocycles. The van der Waals surface area contributed by atoms with Crippen LogP contribution in [0.25, 0.3) is 11.2 Å². The number of fused-ring (bicyclic) bond motifs is 1. The maximum absolute atomic E-state index is 12.0. The number of ether oxygens (including phenoxy) is 2. The van der Waals surface area contributed by atoms with Gasteiger partial charge in [-0.1, -0.05) is 0 Å². The third-order valence-corrected chi connectivity index (χ3v) is 4.14. The molecule has 0 aliphatic carbocycles. The Morgan fingerprint density at radius 3 is 2.71 bits per heavy atom. The van der Waals surface area contributed by atoms with Crippen molar-refractivity contribution in [1.82, 2.24) is 19.9 Å². The molecule has 3 aromatic rings. The van der Waals surface area contributed by atoms with Crippen LogP contribution in [0.2, 0.25) is 0 Å². The summed E-state index contributed by atoms with van der Waals surface area (Å²) >= 11 is 1.44. The van der Waals surface area contributed by atoms with Crippen molar-refractivity contribution in [2.45, 2.75) is 31.3 Å². The molecule has 9 nitrogen and oxygen atoms in total. The Morgan fingerprint density at radius 1 is 1.21 bits per heavy atom. The van der Waals surface area contributed by atoms with Crippen LogP contribution in [0.4, 0.5) is 10.5 Å². The zero-order valence-electron chi connectivity index (χ0n) is 15.8. The van der Waals surface area contributed by atoms with Crippen molar-refractivity contribution < 1.29 is 14.3 Å². The maximum atomic E-state index is 12.0. The second-order valence-electron chi connectivity index (χ2n) is 6.71. The molecule has 0 saturated heterocycles. The number of nitrogens with one attached hydrogen (secondary N) is 2. The first kappa shape index (κ1) is 19.6. The van der Waals surface area contributed by atoms with E-state index in [1.54, 1.807) is 39.0 Å². The normalized spacial score (nSPS) is 11.3. The van der Waals surface area contributed by atoms with Crippen molar-refractivity contribution in [2.75, 3.05) is 11.6 Å². The highest BCUT2D eigenvalue weighted by Crippen LogP contribution is 2.32. The molecule has 3 rings (SSSR count). The number of nitrogens with zero attached hydrogens (tertiary/aromatic N) is 3. The molecule has 0 bridgehead atoms. The number of rotatable bonds is 4. The quantitative estimate of drug-likeness (QED) is 0.637. The largest absolute Gasteiger partial charge is 0.444 e. The fourth-order valence-electron chi connectivity index (χ4n) is 2.28. The van der Waals surface area contributed by atoms with Crippen molar-refractivity contribution in [3.05, 3.63) is 41.1 Å². The highest BCUT2D eigenvalue weighted by atomic mass is 32.2. The van der Waals surface area contributed by atoms with Gasteiger partial charge in [0, 0.05) is 4.90 Å². The van der Waals surface area contributed by atoms with Crippen molar-refractivity contribution in [2.24, 2.45) is 0 Å². The van der Waals surface area contributed by atoms with E-state index in [9.17, 15) is 9.59 Å². The monoisotopic (exact) mass is 401 g/mol. The number of aromatic amines is 1. The molecule has 0 aliphatic rings. The fraction of sp³-hybridized carbons (Fsp3) is 0.278. The average Bonchev–Trinajstić information content (AvgIpc) is 2.61. The predicted octanol–water partition coefficient (Wildman–Crippen LogP) is 3.57. The van der Waals surface area contributed by atoms with Gasteiger partial charge in [0.15, 0.2) is 11.2 Å². The minimum Gasteiger partial charge on any atom is -0.444 e. The summed E-state index contributed by atoms with van der Waals surface area (Å²) in [4.78, 5) is 38.9. The van der Waals surface area contributed by atoms with Gasteiger partial charge in [0.25, 0.3) is 11.4 Å². The smallest absolute Gasteiger partial charge is 0.412 e. The first-order valence-electron chi connectivity index (χ1n) is 8.31. The molecule has 1 amide bonds. The number of carbonyl (C=O) groups excluding carboxylic acids is 1. The highest BCUT2D eigenvalue weighted by Gasteiger charge is 2.18. The van der Waals surface area contributed by atoms with Crippen LogP contribution in [0.1, 0.15) is 20.8 Å². The minimum absolute atomic E-state index is 0.209. The van der Waals surface area contributed by atoms with Crippen LogP contribution in [-0.2, 0) is 4.74 Å². The van der Waals surface area contributed by atoms with E-state index in [0.29, 0.717) is 17.0 Å². The number of amides is 1. The van der Waals surface area contributed by atoms with E-state index in [4.69, 9.17) is 9.47 Å². The average molecular weight is 401 g/mol. The van der Waals surface area contributed by atoms with Crippen LogP contribution >= 0.6 is 11.8 Å². The second kappa shape index (κ2) is 7.85. The fourth-order valence-corrected chi connectivity index (χ4v) is 2.85. The van der Waals surface area contributed by atoms with Gasteiger partial charge in [0.2, 0.25) is 0 Å². The van der Waals surface area contributed by atoms with E-state index >= 15 is 0 Å². The molecule has 1 aromatic carbocycles. The molecule has 2 N–H and O–H groups in total. The molecular formula is C18H19N5O4S. The second-order valence-corrected chi connectivity index (χ2v) is 7.56. The lowest BCUT2D eigenvalue weighted by molar-refractivity contribution is 0.0635. The zero-order valence-corrected chi connectivity index (χ0v) is 16.6. The molecule has 2 heterocycles.